The van der Waals surface area contributed by atoms with Gasteiger partial charge < -0.3 is 14.2 Å². The minimum atomic E-state index is -0.339. The zero-order valence-electron chi connectivity index (χ0n) is 23.0. The van der Waals surface area contributed by atoms with Gasteiger partial charge >= 0.3 is 0 Å². The van der Waals surface area contributed by atoms with Gasteiger partial charge in [-0.2, -0.15) is 0 Å². The zero-order valence-corrected chi connectivity index (χ0v) is 23.8. The van der Waals surface area contributed by atoms with Crippen LogP contribution in [0.15, 0.2) is 106 Å². The molecule has 8 heteroatoms. The van der Waals surface area contributed by atoms with Crippen LogP contribution in [0.2, 0.25) is 0 Å². The zero-order chi connectivity index (χ0) is 28.9. The average Bonchev–Trinajstić information content (AvgIpc) is 3.63. The van der Waals surface area contributed by atoms with Crippen molar-refractivity contribution in [2.24, 2.45) is 4.99 Å². The molecule has 0 unspecified atom stereocenters. The van der Waals surface area contributed by atoms with Crippen molar-refractivity contribution in [1.29, 1.82) is 0 Å². The Hall–Kier alpha value is -4.95. The Labute approximate surface area is 250 Å². The van der Waals surface area contributed by atoms with Crippen molar-refractivity contribution in [3.05, 3.63) is 150 Å². The van der Waals surface area contributed by atoms with Gasteiger partial charge in [0.25, 0.3) is 5.56 Å². The number of fused-ring (bicyclic) bond motifs is 4. The lowest BCUT2D eigenvalue weighted by atomic mass is 9.83. The van der Waals surface area contributed by atoms with Gasteiger partial charge in [0.15, 0.2) is 16.3 Å². The molecular formula is C35H25FN2O4S. The molecule has 0 saturated carbocycles. The van der Waals surface area contributed by atoms with Crippen LogP contribution < -0.4 is 29.1 Å². The number of nitrogens with zero attached hydrogens (tertiary/aromatic N) is 2. The van der Waals surface area contributed by atoms with Crippen molar-refractivity contribution in [1.82, 2.24) is 4.57 Å². The van der Waals surface area contributed by atoms with Crippen LogP contribution in [0.4, 0.5) is 4.39 Å². The van der Waals surface area contributed by atoms with Gasteiger partial charge in [0, 0.05) is 5.56 Å². The monoisotopic (exact) mass is 588 g/mol. The molecule has 0 fully saturated rings. The summed E-state index contributed by atoms with van der Waals surface area (Å²) in [5, 5.41) is 0. The minimum Gasteiger partial charge on any atom is -0.489 e. The van der Waals surface area contributed by atoms with Crippen LogP contribution in [0.25, 0.3) is 11.8 Å². The first-order valence-electron chi connectivity index (χ1n) is 14.1. The van der Waals surface area contributed by atoms with Gasteiger partial charge in [-0.15, -0.1) is 0 Å². The van der Waals surface area contributed by atoms with Crippen LogP contribution in [0.1, 0.15) is 40.3 Å². The summed E-state index contributed by atoms with van der Waals surface area (Å²) in [4.78, 5) is 19.6. The molecule has 0 bridgehead atoms. The summed E-state index contributed by atoms with van der Waals surface area (Å²) in [6, 6.07) is 27.9. The summed E-state index contributed by atoms with van der Waals surface area (Å²) < 4.78 is 33.1. The normalized spacial score (nSPS) is 16.8. The molecule has 8 rings (SSSR count). The summed E-state index contributed by atoms with van der Waals surface area (Å²) in [5.41, 5.74) is 7.00. The molecule has 0 saturated heterocycles. The van der Waals surface area contributed by atoms with Crippen molar-refractivity contribution in [2.75, 3.05) is 6.79 Å². The van der Waals surface area contributed by atoms with Crippen molar-refractivity contribution in [3.63, 3.8) is 0 Å². The van der Waals surface area contributed by atoms with Crippen LogP contribution in [0.5, 0.6) is 17.2 Å². The molecule has 2 aliphatic heterocycles. The lowest BCUT2D eigenvalue weighted by Gasteiger charge is -2.30. The van der Waals surface area contributed by atoms with E-state index in [4.69, 9.17) is 19.2 Å². The summed E-state index contributed by atoms with van der Waals surface area (Å²) in [6.45, 7) is 0.633. The van der Waals surface area contributed by atoms with E-state index in [9.17, 15) is 9.18 Å². The quantitative estimate of drug-likeness (QED) is 0.262. The third kappa shape index (κ3) is 4.64. The number of aromatic nitrogens is 1. The lowest BCUT2D eigenvalue weighted by Crippen LogP contribution is -2.38. The second-order valence-corrected chi connectivity index (χ2v) is 11.7. The van der Waals surface area contributed by atoms with E-state index in [0.717, 1.165) is 63.6 Å². The Morgan fingerprint density at radius 3 is 2.63 bits per heavy atom. The number of allylic oxidation sites excluding steroid dienone is 1. The Balaban J connectivity index is 1.13. The largest absolute Gasteiger partial charge is 0.489 e. The smallest absolute Gasteiger partial charge is 0.271 e. The van der Waals surface area contributed by atoms with E-state index in [1.807, 2.05) is 60.7 Å². The van der Waals surface area contributed by atoms with E-state index >= 15 is 0 Å². The van der Waals surface area contributed by atoms with Crippen LogP contribution in [-0.2, 0) is 13.0 Å². The van der Waals surface area contributed by atoms with Crippen molar-refractivity contribution in [2.45, 2.75) is 25.5 Å². The van der Waals surface area contributed by atoms with E-state index in [-0.39, 0.29) is 24.2 Å². The fourth-order valence-electron chi connectivity index (χ4n) is 5.98. The fourth-order valence-corrected chi connectivity index (χ4v) is 6.98. The Kier molecular flexibility index (Phi) is 6.22. The van der Waals surface area contributed by atoms with E-state index in [1.165, 1.54) is 29.0 Å². The number of rotatable bonds is 5. The number of hydrogen-bond acceptors (Lipinski definition) is 6. The summed E-state index contributed by atoms with van der Waals surface area (Å²) in [5.74, 6) is 1.89. The summed E-state index contributed by atoms with van der Waals surface area (Å²) in [7, 11) is 0. The van der Waals surface area contributed by atoms with Gasteiger partial charge in [-0.1, -0.05) is 65.9 Å². The number of aryl methyl sites for hydroxylation is 1. The first kappa shape index (κ1) is 25.7. The fraction of sp³-hybridized carbons (Fsp3) is 0.143. The van der Waals surface area contributed by atoms with Gasteiger partial charge in [-0.25, -0.2) is 9.38 Å². The molecule has 6 nitrogen and oxygen atoms in total. The molecule has 1 aromatic heterocycles. The maximum atomic E-state index is 13.9. The van der Waals surface area contributed by atoms with Crippen molar-refractivity contribution < 1.29 is 18.6 Å². The van der Waals surface area contributed by atoms with Crippen molar-refractivity contribution >= 4 is 23.1 Å². The van der Waals surface area contributed by atoms with E-state index in [0.29, 0.717) is 15.9 Å². The maximum absolute atomic E-state index is 13.9. The molecule has 3 heterocycles. The third-order valence-corrected chi connectivity index (χ3v) is 9.06. The summed E-state index contributed by atoms with van der Waals surface area (Å²) in [6.07, 6.45) is 3.55. The molecule has 4 aromatic carbocycles. The molecule has 0 amide bonds. The number of thiazole rings is 1. The summed E-state index contributed by atoms with van der Waals surface area (Å²) >= 11 is 1.38. The molecule has 5 aromatic rings. The lowest BCUT2D eigenvalue weighted by molar-refractivity contribution is 0.174. The second kappa shape index (κ2) is 10.4. The number of benzene rings is 4. The van der Waals surface area contributed by atoms with E-state index in [2.05, 4.69) is 12.1 Å². The Morgan fingerprint density at radius 2 is 1.77 bits per heavy atom. The highest BCUT2D eigenvalue weighted by Crippen LogP contribution is 2.41. The van der Waals surface area contributed by atoms with Crippen LogP contribution in [0.3, 0.4) is 0 Å². The topological polar surface area (TPSA) is 62.1 Å². The van der Waals surface area contributed by atoms with Crippen LogP contribution in [-0.4, -0.2) is 11.4 Å². The average molecular weight is 589 g/mol. The minimum absolute atomic E-state index is 0.105. The van der Waals surface area contributed by atoms with E-state index in [1.54, 1.807) is 16.7 Å². The predicted molar refractivity (Wildman–Crippen MR) is 162 cm³/mol. The SMILES string of the molecule is O=c1/c(=C\c2ccc(OCc3ccc4c(c3)OCO4)cc2)sc2n1[C@H](c1ccc(F)cc1)C1=C(N=2)c2ccccc2CC1. The molecule has 0 spiro atoms. The number of halogens is 1. The molecule has 212 valence electrons. The third-order valence-electron chi connectivity index (χ3n) is 8.08. The highest BCUT2D eigenvalue weighted by Gasteiger charge is 2.32. The number of ether oxygens (including phenoxy) is 3. The number of hydrogen-bond donors (Lipinski definition) is 0. The molecule has 1 aliphatic carbocycles. The highest BCUT2D eigenvalue weighted by atomic mass is 32.1. The molecule has 1 atom stereocenters. The van der Waals surface area contributed by atoms with Gasteiger partial charge in [-0.05, 0) is 83.1 Å². The molecule has 3 aliphatic rings. The standard InChI is InChI=1S/C35H25FN2O4S/c36-25-11-8-24(9-12-25)33-28-15-10-23-3-1-2-4-27(23)32(28)37-35-38(33)34(39)31(43-35)18-21-5-13-26(14-6-21)40-19-22-7-16-29-30(17-22)42-20-41-29/h1-9,11-14,16-18,33H,10,15,19-20H2/b31-18+/t33-/m1/s1. The first-order chi connectivity index (χ1) is 21.1. The van der Waals surface area contributed by atoms with Crippen LogP contribution >= 0.6 is 11.3 Å². The maximum Gasteiger partial charge on any atom is 0.271 e. The van der Waals surface area contributed by atoms with Gasteiger partial charge in [-0.3, -0.25) is 9.36 Å². The first-order valence-corrected chi connectivity index (χ1v) is 14.9. The van der Waals surface area contributed by atoms with Gasteiger partial charge in [0.2, 0.25) is 6.79 Å². The van der Waals surface area contributed by atoms with Gasteiger partial charge in [0.05, 0.1) is 16.3 Å². The van der Waals surface area contributed by atoms with Crippen LogP contribution in [0, 0.1) is 5.82 Å². The molecular weight excluding hydrogens is 563 g/mol. The Bertz CT molecular complexity index is 2100. The Morgan fingerprint density at radius 1 is 0.953 bits per heavy atom. The molecule has 0 N–H and O–H groups in total. The van der Waals surface area contributed by atoms with Gasteiger partial charge in [0.1, 0.15) is 18.2 Å². The molecule has 0 radical (unpaired) electrons. The second-order valence-electron chi connectivity index (χ2n) is 10.7. The predicted octanol–water partition coefficient (Wildman–Crippen LogP) is 5.77. The van der Waals surface area contributed by atoms with E-state index < -0.39 is 0 Å². The molecule has 43 heavy (non-hydrogen) atoms. The van der Waals surface area contributed by atoms with Crippen molar-refractivity contribution in [3.8, 4) is 17.2 Å². The highest BCUT2D eigenvalue weighted by molar-refractivity contribution is 7.07.